The van der Waals surface area contributed by atoms with E-state index in [1.54, 1.807) is 24.3 Å². The maximum atomic E-state index is 14.2. The summed E-state index contributed by atoms with van der Waals surface area (Å²) in [6, 6.07) is 21.2. The van der Waals surface area contributed by atoms with E-state index < -0.39 is 15.9 Å². The summed E-state index contributed by atoms with van der Waals surface area (Å²) in [5.74, 6) is 0.0367. The van der Waals surface area contributed by atoms with Gasteiger partial charge in [0.05, 0.1) is 17.9 Å². The Morgan fingerprint density at radius 2 is 1.60 bits per heavy atom. The number of piperazine rings is 1. The number of aryl methyl sites for hydroxylation is 3. The first kappa shape index (κ1) is 28.2. The van der Waals surface area contributed by atoms with Gasteiger partial charge in [0.15, 0.2) is 0 Å². The maximum absolute atomic E-state index is 14.2. The number of hydrogen-bond acceptors (Lipinski definition) is 5. The molecule has 2 aliphatic heterocycles. The molecule has 2 atom stereocenters. The van der Waals surface area contributed by atoms with Crippen LogP contribution >= 0.6 is 0 Å². The Hall–Kier alpha value is -3.36. The molecule has 0 aliphatic carbocycles. The van der Waals surface area contributed by atoms with E-state index in [0.29, 0.717) is 31.8 Å². The number of carbonyl (C=O) groups is 1. The number of rotatable bonds is 6. The van der Waals surface area contributed by atoms with Crippen molar-refractivity contribution < 1.29 is 17.9 Å². The maximum Gasteiger partial charge on any atom is 0.243 e. The highest BCUT2D eigenvalue weighted by Gasteiger charge is 2.42. The molecule has 212 valence electrons. The number of benzene rings is 3. The fourth-order valence-electron chi connectivity index (χ4n) is 6.14. The molecule has 0 bridgehead atoms. The van der Waals surface area contributed by atoms with E-state index in [9.17, 15) is 13.2 Å². The third-order valence-corrected chi connectivity index (χ3v) is 10.3. The van der Waals surface area contributed by atoms with Crippen molar-refractivity contribution in [2.24, 2.45) is 5.92 Å². The van der Waals surface area contributed by atoms with Gasteiger partial charge >= 0.3 is 0 Å². The van der Waals surface area contributed by atoms with Crippen molar-refractivity contribution in [3.05, 3.63) is 89.0 Å². The van der Waals surface area contributed by atoms with Crippen molar-refractivity contribution in [1.82, 2.24) is 9.21 Å². The lowest BCUT2D eigenvalue weighted by molar-refractivity contribution is -0.137. The Labute approximate surface area is 238 Å². The molecule has 2 heterocycles. The Bertz CT molecular complexity index is 1480. The zero-order valence-corrected chi connectivity index (χ0v) is 24.7. The first-order valence-corrected chi connectivity index (χ1v) is 15.4. The average molecular weight is 562 g/mol. The summed E-state index contributed by atoms with van der Waals surface area (Å²) in [6.45, 7) is 9.56. The van der Waals surface area contributed by atoms with Gasteiger partial charge in [-0.3, -0.25) is 4.79 Å². The zero-order chi connectivity index (χ0) is 28.4. The second kappa shape index (κ2) is 11.6. The lowest BCUT2D eigenvalue weighted by Gasteiger charge is -2.42. The predicted molar refractivity (Wildman–Crippen MR) is 158 cm³/mol. The Kier molecular flexibility index (Phi) is 8.19. The van der Waals surface area contributed by atoms with Crippen LogP contribution in [0.15, 0.2) is 71.6 Å². The van der Waals surface area contributed by atoms with Gasteiger partial charge in [-0.25, -0.2) is 8.42 Å². The lowest BCUT2D eigenvalue weighted by atomic mass is 9.78. The van der Waals surface area contributed by atoms with Crippen LogP contribution in [-0.2, 0) is 14.8 Å². The molecule has 0 spiro atoms. The summed E-state index contributed by atoms with van der Waals surface area (Å²) in [6.07, 6.45) is 0.590. The number of piperidine rings is 1. The van der Waals surface area contributed by atoms with E-state index in [-0.39, 0.29) is 23.3 Å². The van der Waals surface area contributed by atoms with Crippen LogP contribution in [0, 0.1) is 26.7 Å². The third-order valence-electron chi connectivity index (χ3n) is 8.46. The third kappa shape index (κ3) is 5.60. The highest BCUT2D eigenvalue weighted by molar-refractivity contribution is 7.89. The number of amides is 1. The standard InChI is InChI=1S/C32H39N3O4S/c1-23-12-13-25(3)31(20-23)33-16-18-34(19-17-33)32(36)30-22-35(15-14-29(30)28-11-6-5-8-24(28)2)40(37,38)27-10-7-9-26(21-27)39-4/h5-13,20-21,29-30H,14-19,22H2,1-4H3/t29-,30-/m1/s1. The number of hydrogen-bond donors (Lipinski definition) is 0. The second-order valence-electron chi connectivity index (χ2n) is 11.0. The Balaban J connectivity index is 1.39. The molecule has 3 aromatic rings. The van der Waals surface area contributed by atoms with Gasteiger partial charge in [0, 0.05) is 51.0 Å². The first-order valence-electron chi connectivity index (χ1n) is 14.0. The van der Waals surface area contributed by atoms with Gasteiger partial charge in [-0.15, -0.1) is 0 Å². The summed E-state index contributed by atoms with van der Waals surface area (Å²) in [5.41, 5.74) is 5.94. The molecule has 0 radical (unpaired) electrons. The van der Waals surface area contributed by atoms with Crippen molar-refractivity contribution in [3.8, 4) is 5.75 Å². The molecule has 8 heteroatoms. The average Bonchev–Trinajstić information content (AvgIpc) is 2.98. The number of sulfonamides is 1. The first-order chi connectivity index (χ1) is 19.2. The smallest absolute Gasteiger partial charge is 0.243 e. The van der Waals surface area contributed by atoms with Gasteiger partial charge in [-0.05, 0) is 73.6 Å². The number of nitrogens with zero attached hydrogens (tertiary/aromatic N) is 3. The number of anilines is 1. The minimum Gasteiger partial charge on any atom is -0.497 e. The van der Waals surface area contributed by atoms with Crippen molar-refractivity contribution in [1.29, 1.82) is 0 Å². The van der Waals surface area contributed by atoms with E-state index in [2.05, 4.69) is 56.0 Å². The fourth-order valence-corrected chi connectivity index (χ4v) is 7.66. The molecule has 2 fully saturated rings. The number of methoxy groups -OCH3 is 1. The summed E-state index contributed by atoms with van der Waals surface area (Å²) in [5, 5.41) is 0. The van der Waals surface area contributed by atoms with Crippen LogP contribution in [0.25, 0.3) is 0 Å². The molecule has 0 N–H and O–H groups in total. The highest BCUT2D eigenvalue weighted by Crippen LogP contribution is 2.38. The van der Waals surface area contributed by atoms with Crippen molar-refractivity contribution >= 4 is 21.6 Å². The normalized spacial score (nSPS) is 20.4. The minimum absolute atomic E-state index is 0.0393. The van der Waals surface area contributed by atoms with E-state index in [1.807, 2.05) is 17.0 Å². The van der Waals surface area contributed by atoms with Gasteiger partial charge in [-0.2, -0.15) is 4.31 Å². The molecular weight excluding hydrogens is 522 g/mol. The summed E-state index contributed by atoms with van der Waals surface area (Å²) >= 11 is 0. The van der Waals surface area contributed by atoms with Crippen LogP contribution < -0.4 is 9.64 Å². The van der Waals surface area contributed by atoms with E-state index in [0.717, 1.165) is 24.2 Å². The molecule has 7 nitrogen and oxygen atoms in total. The van der Waals surface area contributed by atoms with Gasteiger partial charge in [0.1, 0.15) is 5.75 Å². The van der Waals surface area contributed by atoms with Gasteiger partial charge in [0.2, 0.25) is 15.9 Å². The van der Waals surface area contributed by atoms with Gasteiger partial charge in [-0.1, -0.05) is 42.5 Å². The molecule has 2 aliphatic rings. The van der Waals surface area contributed by atoms with Crippen LogP contribution in [0.3, 0.4) is 0 Å². The van der Waals surface area contributed by atoms with E-state index in [1.165, 1.54) is 28.2 Å². The molecule has 2 saturated heterocycles. The molecule has 0 saturated carbocycles. The van der Waals surface area contributed by atoms with Crippen LogP contribution in [0.2, 0.25) is 0 Å². The van der Waals surface area contributed by atoms with E-state index in [4.69, 9.17) is 4.74 Å². The Morgan fingerprint density at radius 3 is 2.33 bits per heavy atom. The summed E-state index contributed by atoms with van der Waals surface area (Å²) in [4.78, 5) is 18.7. The fraction of sp³-hybridized carbons (Fsp3) is 0.406. The highest BCUT2D eigenvalue weighted by atomic mass is 32.2. The minimum atomic E-state index is -3.79. The largest absolute Gasteiger partial charge is 0.497 e. The van der Waals surface area contributed by atoms with Crippen molar-refractivity contribution in [2.75, 3.05) is 51.3 Å². The molecule has 5 rings (SSSR count). The monoisotopic (exact) mass is 561 g/mol. The van der Waals surface area contributed by atoms with Crippen LogP contribution in [-0.4, -0.2) is 69.9 Å². The van der Waals surface area contributed by atoms with Gasteiger partial charge < -0.3 is 14.5 Å². The zero-order valence-electron chi connectivity index (χ0n) is 23.8. The van der Waals surface area contributed by atoms with E-state index >= 15 is 0 Å². The quantitative estimate of drug-likeness (QED) is 0.434. The van der Waals surface area contributed by atoms with Crippen LogP contribution in [0.4, 0.5) is 5.69 Å². The SMILES string of the molecule is COc1cccc(S(=O)(=O)N2CC[C@H](c3ccccc3C)[C@H](C(=O)N3CCN(c4cc(C)ccc4C)CC3)C2)c1. The van der Waals surface area contributed by atoms with Gasteiger partial charge in [0.25, 0.3) is 0 Å². The molecule has 0 aromatic heterocycles. The molecule has 3 aromatic carbocycles. The predicted octanol–water partition coefficient (Wildman–Crippen LogP) is 4.76. The molecule has 40 heavy (non-hydrogen) atoms. The molecular formula is C32H39N3O4S. The lowest BCUT2D eigenvalue weighted by Crippen LogP contribution is -2.54. The number of carbonyl (C=O) groups excluding carboxylic acids is 1. The van der Waals surface area contributed by atoms with Crippen molar-refractivity contribution in [3.63, 3.8) is 0 Å². The topological polar surface area (TPSA) is 70.2 Å². The number of ether oxygens (including phenoxy) is 1. The summed E-state index contributed by atoms with van der Waals surface area (Å²) < 4.78 is 34.2. The van der Waals surface area contributed by atoms with Crippen molar-refractivity contribution in [2.45, 2.75) is 38.0 Å². The van der Waals surface area contributed by atoms with Crippen LogP contribution in [0.1, 0.15) is 34.6 Å². The molecule has 1 amide bonds. The molecule has 0 unspecified atom stereocenters. The summed E-state index contributed by atoms with van der Waals surface area (Å²) in [7, 11) is -2.26. The Morgan fingerprint density at radius 1 is 0.850 bits per heavy atom. The van der Waals surface area contributed by atoms with Crippen LogP contribution in [0.5, 0.6) is 5.75 Å². The second-order valence-corrected chi connectivity index (χ2v) is 12.9.